The maximum absolute atomic E-state index is 12.4. The summed E-state index contributed by atoms with van der Waals surface area (Å²) in [5.74, 6) is 0.855. The van der Waals surface area contributed by atoms with Gasteiger partial charge in [0.25, 0.3) is 0 Å². The summed E-state index contributed by atoms with van der Waals surface area (Å²) in [5, 5.41) is 0. The number of rotatable bonds is 4. The highest BCUT2D eigenvalue weighted by molar-refractivity contribution is 9.09. The molecule has 0 amide bonds. The first-order chi connectivity index (χ1) is 8.95. The van der Waals surface area contributed by atoms with Crippen LogP contribution < -0.4 is 0 Å². The lowest BCUT2D eigenvalue weighted by molar-refractivity contribution is -0.137. The number of imidazole rings is 1. The lowest BCUT2D eigenvalue weighted by Crippen LogP contribution is -2.09. The molecule has 0 bridgehead atoms. The topological polar surface area (TPSA) is 28.7 Å². The summed E-state index contributed by atoms with van der Waals surface area (Å²) in [6, 6.07) is 5.25. The van der Waals surface area contributed by atoms with Crippen LogP contribution in [0.5, 0.6) is 0 Å². The van der Waals surface area contributed by atoms with Gasteiger partial charge in [0.1, 0.15) is 5.82 Å². The lowest BCUT2D eigenvalue weighted by atomic mass is 10.1. The van der Waals surface area contributed by atoms with E-state index in [2.05, 4.69) is 25.9 Å². The Morgan fingerprint density at radius 3 is 2.37 bits per heavy atom. The molecule has 1 aromatic heterocycles. The van der Waals surface area contributed by atoms with Gasteiger partial charge in [0.05, 0.1) is 5.56 Å². The molecule has 0 aliphatic rings. The summed E-state index contributed by atoms with van der Waals surface area (Å²) < 4.78 is 37.2. The van der Waals surface area contributed by atoms with Crippen molar-refractivity contribution in [3.63, 3.8) is 0 Å². The van der Waals surface area contributed by atoms with Gasteiger partial charge in [-0.15, -0.1) is 0 Å². The molecule has 0 radical (unpaired) electrons. The Kier molecular flexibility index (Phi) is 4.29. The van der Waals surface area contributed by atoms with Crippen LogP contribution >= 0.6 is 15.9 Å². The minimum atomic E-state index is -4.28. The van der Waals surface area contributed by atoms with E-state index in [1.54, 1.807) is 12.4 Å². The molecule has 2 aromatic rings. The lowest BCUT2D eigenvalue weighted by Gasteiger charge is -2.10. The third-order valence-electron chi connectivity index (χ3n) is 2.71. The quantitative estimate of drug-likeness (QED) is 0.843. The Bertz CT molecular complexity index is 506. The summed E-state index contributed by atoms with van der Waals surface area (Å²) >= 11 is 3.51. The van der Waals surface area contributed by atoms with E-state index in [0.29, 0.717) is 12.8 Å². The van der Waals surface area contributed by atoms with Gasteiger partial charge in [0.15, 0.2) is 0 Å². The molecule has 1 heterocycles. The average Bonchev–Trinajstić information content (AvgIpc) is 2.81. The second kappa shape index (κ2) is 5.77. The molecule has 6 heteroatoms. The van der Waals surface area contributed by atoms with Crippen LogP contribution in [0.2, 0.25) is 0 Å². The van der Waals surface area contributed by atoms with E-state index in [9.17, 15) is 13.2 Å². The van der Waals surface area contributed by atoms with Crippen LogP contribution in [0.3, 0.4) is 0 Å². The molecule has 0 saturated heterocycles. The first-order valence-corrected chi connectivity index (χ1v) is 6.65. The number of nitrogens with one attached hydrogen (secondary N) is 1. The van der Waals surface area contributed by atoms with Gasteiger partial charge in [-0.1, -0.05) is 28.1 Å². The molecule has 1 aromatic carbocycles. The van der Waals surface area contributed by atoms with E-state index in [1.165, 1.54) is 12.1 Å². The fourth-order valence-electron chi connectivity index (χ4n) is 1.78. The van der Waals surface area contributed by atoms with E-state index in [4.69, 9.17) is 0 Å². The van der Waals surface area contributed by atoms with Crippen molar-refractivity contribution in [3.05, 3.63) is 53.6 Å². The highest BCUT2D eigenvalue weighted by atomic mass is 79.9. The molecular formula is C13H12BrF3N2. The van der Waals surface area contributed by atoms with Crippen molar-refractivity contribution >= 4 is 15.9 Å². The number of aromatic amines is 1. The van der Waals surface area contributed by atoms with Crippen LogP contribution in [-0.2, 0) is 19.0 Å². The largest absolute Gasteiger partial charge is 0.416 e. The fraction of sp³-hybridized carbons (Fsp3) is 0.308. The summed E-state index contributed by atoms with van der Waals surface area (Å²) in [7, 11) is 0. The van der Waals surface area contributed by atoms with Crippen LogP contribution in [0, 0.1) is 0 Å². The van der Waals surface area contributed by atoms with Gasteiger partial charge in [0, 0.05) is 23.6 Å². The number of aromatic nitrogens is 2. The van der Waals surface area contributed by atoms with Crippen LogP contribution in [-0.4, -0.2) is 14.8 Å². The smallest absolute Gasteiger partial charge is 0.349 e. The van der Waals surface area contributed by atoms with Crippen LogP contribution in [0.1, 0.15) is 17.0 Å². The van der Waals surface area contributed by atoms with Crippen LogP contribution in [0.4, 0.5) is 13.2 Å². The van der Waals surface area contributed by atoms with Gasteiger partial charge in [-0.05, 0) is 24.1 Å². The summed E-state index contributed by atoms with van der Waals surface area (Å²) in [6.45, 7) is 0. The number of hydrogen-bond donors (Lipinski definition) is 1. The Morgan fingerprint density at radius 1 is 1.16 bits per heavy atom. The average molecular weight is 333 g/mol. The van der Waals surface area contributed by atoms with Gasteiger partial charge in [-0.2, -0.15) is 13.2 Å². The molecular weight excluding hydrogens is 321 g/mol. The second-order valence-corrected chi connectivity index (χ2v) is 5.53. The van der Waals surface area contributed by atoms with Gasteiger partial charge in [-0.25, -0.2) is 4.98 Å². The molecule has 0 spiro atoms. The normalized spacial score (nSPS) is 13.5. The Labute approximate surface area is 117 Å². The van der Waals surface area contributed by atoms with Crippen molar-refractivity contribution in [2.24, 2.45) is 0 Å². The highest BCUT2D eigenvalue weighted by Crippen LogP contribution is 2.29. The maximum Gasteiger partial charge on any atom is 0.416 e. The van der Waals surface area contributed by atoms with Gasteiger partial charge in [0.2, 0.25) is 0 Å². The van der Waals surface area contributed by atoms with Crippen molar-refractivity contribution < 1.29 is 13.2 Å². The third kappa shape index (κ3) is 4.09. The number of benzene rings is 1. The summed E-state index contributed by atoms with van der Waals surface area (Å²) in [5.41, 5.74) is 0.245. The first kappa shape index (κ1) is 14.1. The third-order valence-corrected chi connectivity index (χ3v) is 3.36. The standard InChI is InChI=1S/C13H12BrF3N2/c14-11(8-12-18-5-6-19-12)7-9-1-3-10(4-2-9)13(15,16)17/h1-6,11H,7-8H2,(H,18,19). The van der Waals surface area contributed by atoms with E-state index in [-0.39, 0.29) is 4.83 Å². The van der Waals surface area contributed by atoms with Crippen molar-refractivity contribution in [2.45, 2.75) is 23.8 Å². The second-order valence-electron chi connectivity index (χ2n) is 4.24. The number of nitrogens with zero attached hydrogens (tertiary/aromatic N) is 1. The van der Waals surface area contributed by atoms with Gasteiger partial charge >= 0.3 is 6.18 Å². The predicted molar refractivity (Wildman–Crippen MR) is 70.2 cm³/mol. The SMILES string of the molecule is FC(F)(F)c1ccc(CC(Br)Cc2ncc[nH]2)cc1. The molecule has 1 atom stereocenters. The molecule has 2 rings (SSSR count). The van der Waals surface area contributed by atoms with E-state index < -0.39 is 11.7 Å². The molecule has 0 aliphatic heterocycles. The predicted octanol–water partition coefficient (Wildman–Crippen LogP) is 3.98. The Morgan fingerprint density at radius 2 is 1.84 bits per heavy atom. The summed E-state index contributed by atoms with van der Waals surface area (Å²) in [4.78, 5) is 7.24. The zero-order valence-electron chi connectivity index (χ0n) is 9.91. The van der Waals surface area contributed by atoms with Crippen LogP contribution in [0.15, 0.2) is 36.7 Å². The van der Waals surface area contributed by atoms with Gasteiger partial charge < -0.3 is 4.98 Å². The van der Waals surface area contributed by atoms with Crippen molar-refractivity contribution in [1.29, 1.82) is 0 Å². The maximum atomic E-state index is 12.4. The van der Waals surface area contributed by atoms with Crippen molar-refractivity contribution in [1.82, 2.24) is 9.97 Å². The molecule has 0 saturated carbocycles. The molecule has 19 heavy (non-hydrogen) atoms. The Hall–Kier alpha value is -1.30. The van der Waals surface area contributed by atoms with Gasteiger partial charge in [-0.3, -0.25) is 0 Å². The summed E-state index contributed by atoms with van der Waals surface area (Å²) in [6.07, 6.45) is 0.494. The molecule has 2 nitrogen and oxygen atoms in total. The number of alkyl halides is 4. The zero-order valence-corrected chi connectivity index (χ0v) is 11.5. The molecule has 0 fully saturated rings. The van der Waals surface area contributed by atoms with E-state index in [0.717, 1.165) is 23.5 Å². The minimum absolute atomic E-state index is 0.135. The molecule has 0 aliphatic carbocycles. The monoisotopic (exact) mass is 332 g/mol. The number of halogens is 4. The molecule has 102 valence electrons. The van der Waals surface area contributed by atoms with Crippen molar-refractivity contribution in [3.8, 4) is 0 Å². The Balaban J connectivity index is 1.96. The number of hydrogen-bond acceptors (Lipinski definition) is 1. The molecule has 1 unspecified atom stereocenters. The fourth-order valence-corrected chi connectivity index (χ4v) is 2.46. The van der Waals surface area contributed by atoms with E-state index >= 15 is 0 Å². The van der Waals surface area contributed by atoms with Crippen molar-refractivity contribution in [2.75, 3.05) is 0 Å². The minimum Gasteiger partial charge on any atom is -0.349 e. The first-order valence-electron chi connectivity index (χ1n) is 5.73. The highest BCUT2D eigenvalue weighted by Gasteiger charge is 2.29. The van der Waals surface area contributed by atoms with E-state index in [1.807, 2.05) is 0 Å². The number of H-pyrrole nitrogens is 1. The zero-order chi connectivity index (χ0) is 13.9. The molecule has 1 N–H and O–H groups in total. The van der Waals surface area contributed by atoms with Crippen LogP contribution in [0.25, 0.3) is 0 Å².